The van der Waals surface area contributed by atoms with Crippen LogP contribution in [0.3, 0.4) is 0 Å². The van der Waals surface area contributed by atoms with Gasteiger partial charge in [-0.2, -0.15) is 0 Å². The Kier molecular flexibility index (Phi) is 12.8. The second-order valence-electron chi connectivity index (χ2n) is 13.9. The molecule has 0 aliphatic carbocycles. The molecule has 0 atom stereocenters. The van der Waals surface area contributed by atoms with Gasteiger partial charge in [0, 0.05) is 67.7 Å². The minimum absolute atomic E-state index is 0.0655. The van der Waals surface area contributed by atoms with Crippen LogP contribution in [0.15, 0.2) is 65.7 Å². The van der Waals surface area contributed by atoms with Crippen LogP contribution in [-0.4, -0.2) is 87.3 Å². The molecule has 288 valence electrons. The standard InChI is InChI=1S/C17H24BNO3.C16H15N3O3.C6H5BrN2O2/c1-6-15(20)19-10-9-12-11-13(7-8-14(12)19)18-21-16(2,3)17(4,5)22-18;1-2-14(20)19-6-5-11-7-10(3-4-13(11)19)12-8-17-15(16(21)22)18-9-12;1-11-6(10)5-8-2-4(7)3-9-5/h7-8,11H,6,9-10H2,1-5H3;3-4,7-9H,2,5-6H2,1H3,(H,21,22);2-3H,1H3. The van der Waals surface area contributed by atoms with Crippen LogP contribution in [0.2, 0.25) is 0 Å². The van der Waals surface area contributed by atoms with Gasteiger partial charge in [0.1, 0.15) is 0 Å². The summed E-state index contributed by atoms with van der Waals surface area (Å²) in [5.74, 6) is -1.52. The lowest BCUT2D eigenvalue weighted by Crippen LogP contribution is -2.41. The van der Waals surface area contributed by atoms with Gasteiger partial charge in [0.2, 0.25) is 23.5 Å². The molecule has 2 amide bonds. The number of anilines is 2. The van der Waals surface area contributed by atoms with Crippen LogP contribution in [0.1, 0.15) is 86.7 Å². The zero-order valence-corrected chi connectivity index (χ0v) is 33.5. The number of ether oxygens (including phenoxy) is 1. The van der Waals surface area contributed by atoms with Crippen LogP contribution in [-0.2, 0) is 36.5 Å². The SMILES string of the molecule is CCC(=O)N1CCc2cc(-c3cnc(C(=O)O)nc3)ccc21.CCC(=O)N1CCc2cc(B3OC(C)(C)C(C)(C)O3)ccc21.COC(=O)c1ncc(Br)cn1. The highest BCUT2D eigenvalue weighted by atomic mass is 79.9. The maximum absolute atomic E-state index is 12.0. The van der Waals surface area contributed by atoms with Crippen molar-refractivity contribution < 1.29 is 38.3 Å². The Hall–Kier alpha value is -5.06. The Morgan fingerprint density at radius 3 is 1.75 bits per heavy atom. The highest BCUT2D eigenvalue weighted by Gasteiger charge is 2.51. The van der Waals surface area contributed by atoms with Gasteiger partial charge in [-0.1, -0.05) is 32.0 Å². The fourth-order valence-corrected chi connectivity index (χ4v) is 6.33. The second kappa shape index (κ2) is 17.2. The number of nitrogens with zero attached hydrogens (tertiary/aromatic N) is 6. The predicted octanol–water partition coefficient (Wildman–Crippen LogP) is 5.45. The molecule has 16 heteroatoms. The topological polar surface area (TPSA) is 174 Å². The Balaban J connectivity index is 0.000000168. The number of carboxylic acid groups (broad SMARTS) is 1. The quantitative estimate of drug-likeness (QED) is 0.193. The molecule has 3 aliphatic heterocycles. The summed E-state index contributed by atoms with van der Waals surface area (Å²) >= 11 is 3.14. The number of aromatic carboxylic acids is 1. The molecule has 0 saturated carbocycles. The normalized spacial score (nSPS) is 15.9. The van der Waals surface area contributed by atoms with Gasteiger partial charge in [0.25, 0.3) is 0 Å². The molecule has 1 saturated heterocycles. The molecule has 1 N–H and O–H groups in total. The first kappa shape index (κ1) is 41.1. The van der Waals surface area contributed by atoms with Gasteiger partial charge < -0.3 is 29.0 Å². The molecule has 55 heavy (non-hydrogen) atoms. The van der Waals surface area contributed by atoms with E-state index in [0.717, 1.165) is 57.4 Å². The summed E-state index contributed by atoms with van der Waals surface area (Å²) < 4.78 is 17.3. The number of carbonyl (C=O) groups is 4. The minimum atomic E-state index is -1.14. The molecule has 0 unspecified atom stereocenters. The van der Waals surface area contributed by atoms with Crippen molar-refractivity contribution in [2.45, 2.75) is 78.4 Å². The maximum Gasteiger partial charge on any atom is 0.494 e. The van der Waals surface area contributed by atoms with Crippen molar-refractivity contribution in [2.75, 3.05) is 30.0 Å². The molecule has 7 rings (SSSR count). The van der Waals surface area contributed by atoms with Crippen molar-refractivity contribution in [1.82, 2.24) is 19.9 Å². The third-order valence-corrected chi connectivity index (χ3v) is 10.3. The Bertz CT molecular complexity index is 2050. The number of carboxylic acids is 1. The number of benzene rings is 2. The number of aromatic nitrogens is 4. The number of rotatable bonds is 6. The molecule has 0 bridgehead atoms. The number of esters is 1. The van der Waals surface area contributed by atoms with E-state index in [0.29, 0.717) is 19.4 Å². The fraction of sp³-hybridized carbons (Fsp3) is 0.385. The van der Waals surface area contributed by atoms with E-state index in [-0.39, 0.29) is 41.8 Å². The molecule has 5 heterocycles. The van der Waals surface area contributed by atoms with Crippen molar-refractivity contribution in [2.24, 2.45) is 0 Å². The smallest absolute Gasteiger partial charge is 0.475 e. The zero-order chi connectivity index (χ0) is 40.1. The lowest BCUT2D eigenvalue weighted by molar-refractivity contribution is -0.119. The number of hydrogen-bond donors (Lipinski definition) is 1. The summed E-state index contributed by atoms with van der Waals surface area (Å²) in [6, 6.07) is 12.0. The summed E-state index contributed by atoms with van der Waals surface area (Å²) in [6.07, 6.45) is 8.73. The Labute approximate surface area is 328 Å². The van der Waals surface area contributed by atoms with Crippen LogP contribution in [0.4, 0.5) is 11.4 Å². The summed E-state index contributed by atoms with van der Waals surface area (Å²) in [5, 5.41) is 8.82. The van der Waals surface area contributed by atoms with Crippen LogP contribution < -0.4 is 15.3 Å². The highest BCUT2D eigenvalue weighted by Crippen LogP contribution is 2.37. The monoisotopic (exact) mass is 814 g/mol. The molecule has 4 aromatic rings. The van der Waals surface area contributed by atoms with Crippen LogP contribution in [0, 0.1) is 0 Å². The highest BCUT2D eigenvalue weighted by molar-refractivity contribution is 9.10. The second-order valence-corrected chi connectivity index (χ2v) is 14.9. The van der Waals surface area contributed by atoms with Crippen LogP contribution >= 0.6 is 15.9 Å². The van der Waals surface area contributed by atoms with Gasteiger partial charge in [-0.15, -0.1) is 0 Å². The molecule has 1 fully saturated rings. The van der Waals surface area contributed by atoms with E-state index >= 15 is 0 Å². The number of hydrogen-bond acceptors (Lipinski definition) is 11. The molecule has 0 spiro atoms. The van der Waals surface area contributed by atoms with Crippen molar-refractivity contribution in [3.63, 3.8) is 0 Å². The lowest BCUT2D eigenvalue weighted by Gasteiger charge is -2.32. The van der Waals surface area contributed by atoms with Crippen molar-refractivity contribution in [3.8, 4) is 11.1 Å². The van der Waals surface area contributed by atoms with Gasteiger partial charge in [-0.25, -0.2) is 29.5 Å². The summed E-state index contributed by atoms with van der Waals surface area (Å²) in [4.78, 5) is 64.2. The number of fused-ring (bicyclic) bond motifs is 2. The van der Waals surface area contributed by atoms with E-state index in [1.807, 2.05) is 54.0 Å². The largest absolute Gasteiger partial charge is 0.494 e. The van der Waals surface area contributed by atoms with E-state index in [4.69, 9.17) is 14.4 Å². The van der Waals surface area contributed by atoms with Crippen LogP contribution in [0.5, 0.6) is 0 Å². The van der Waals surface area contributed by atoms with E-state index in [2.05, 4.69) is 74.4 Å². The number of amides is 2. The van der Waals surface area contributed by atoms with Crippen LogP contribution in [0.25, 0.3) is 11.1 Å². The average Bonchev–Trinajstić information content (AvgIpc) is 3.87. The molecule has 3 aliphatic rings. The van der Waals surface area contributed by atoms with Crippen molar-refractivity contribution >= 4 is 63.6 Å². The van der Waals surface area contributed by atoms with E-state index in [1.165, 1.54) is 37.5 Å². The average molecular weight is 816 g/mol. The summed E-state index contributed by atoms with van der Waals surface area (Å²) in [6.45, 7) is 13.5. The first-order valence-corrected chi connectivity index (χ1v) is 18.7. The van der Waals surface area contributed by atoms with Gasteiger partial charge in [0.05, 0.1) is 22.8 Å². The van der Waals surface area contributed by atoms with E-state index in [1.54, 1.807) is 0 Å². The Morgan fingerprint density at radius 2 is 1.25 bits per heavy atom. The minimum Gasteiger partial charge on any atom is -0.475 e. The van der Waals surface area contributed by atoms with E-state index < -0.39 is 11.9 Å². The van der Waals surface area contributed by atoms with Gasteiger partial charge >= 0.3 is 19.1 Å². The van der Waals surface area contributed by atoms with Crippen molar-refractivity contribution in [3.05, 3.63) is 88.4 Å². The molecular formula is C39H44BBrN6O8. The Morgan fingerprint density at radius 1 is 0.764 bits per heavy atom. The number of methoxy groups -OCH3 is 1. The van der Waals surface area contributed by atoms with Gasteiger partial charge in [0.15, 0.2) is 0 Å². The molecule has 2 aromatic heterocycles. The molecule has 14 nitrogen and oxygen atoms in total. The maximum atomic E-state index is 12.0. The third kappa shape index (κ3) is 9.26. The number of carbonyl (C=O) groups excluding carboxylic acids is 3. The van der Waals surface area contributed by atoms with Crippen molar-refractivity contribution in [1.29, 1.82) is 0 Å². The lowest BCUT2D eigenvalue weighted by atomic mass is 9.78. The number of halogens is 1. The first-order chi connectivity index (χ1) is 26.1. The fourth-order valence-electron chi connectivity index (χ4n) is 6.13. The predicted molar refractivity (Wildman–Crippen MR) is 210 cm³/mol. The molecule has 2 aromatic carbocycles. The summed E-state index contributed by atoms with van der Waals surface area (Å²) in [5.41, 5.74) is 6.35. The molecule has 0 radical (unpaired) electrons. The molecular weight excluding hydrogens is 771 g/mol. The zero-order valence-electron chi connectivity index (χ0n) is 32.0. The third-order valence-electron chi connectivity index (χ3n) is 9.87. The van der Waals surface area contributed by atoms with Gasteiger partial charge in [-0.05, 0) is 96.8 Å². The van der Waals surface area contributed by atoms with Gasteiger partial charge in [-0.3, -0.25) is 9.59 Å². The first-order valence-electron chi connectivity index (χ1n) is 17.9. The summed E-state index contributed by atoms with van der Waals surface area (Å²) in [7, 11) is 0.944. The van der Waals surface area contributed by atoms with E-state index in [9.17, 15) is 19.2 Å².